The number of nitrogens with zero attached hydrogens (tertiary/aromatic N) is 1. The van der Waals surface area contributed by atoms with Crippen LogP contribution in [0.5, 0.6) is 0 Å². The van der Waals surface area contributed by atoms with E-state index in [1.165, 1.54) is 22.4 Å². The lowest BCUT2D eigenvalue weighted by Gasteiger charge is -2.60. The summed E-state index contributed by atoms with van der Waals surface area (Å²) in [4.78, 5) is 14.3. The molecule has 0 aliphatic heterocycles. The number of carbonyl (C=O) groups excluding carboxylic acids is 1. The molecule has 4 aliphatic rings. The Kier molecular flexibility index (Phi) is 4.61. The van der Waals surface area contributed by atoms with E-state index in [9.17, 15) is 9.90 Å². The van der Waals surface area contributed by atoms with Crippen LogP contribution in [-0.2, 0) is 4.79 Å². The van der Waals surface area contributed by atoms with E-state index in [1.807, 2.05) is 6.08 Å². The van der Waals surface area contributed by atoms with E-state index in [2.05, 4.69) is 64.0 Å². The van der Waals surface area contributed by atoms with Gasteiger partial charge in [-0.05, 0) is 91.7 Å². The van der Waals surface area contributed by atoms with Crippen molar-refractivity contribution >= 4 is 11.5 Å². The van der Waals surface area contributed by atoms with Crippen molar-refractivity contribution in [3.8, 4) is 0 Å². The number of carbonyl (C=O) groups is 1. The molecule has 0 spiro atoms. The number of allylic oxidation sites excluding steroid dienone is 4. The molecular weight excluding hydrogens is 382 g/mol. The minimum atomic E-state index is -0.640. The van der Waals surface area contributed by atoms with Crippen molar-refractivity contribution < 1.29 is 9.90 Å². The molecule has 3 unspecified atom stereocenters. The molecule has 0 saturated heterocycles. The van der Waals surface area contributed by atoms with Crippen LogP contribution >= 0.6 is 0 Å². The lowest BCUT2D eigenvalue weighted by molar-refractivity contribution is -0.117. The van der Waals surface area contributed by atoms with Crippen LogP contribution < -0.4 is 4.90 Å². The molecule has 0 heterocycles. The van der Waals surface area contributed by atoms with Crippen LogP contribution in [-0.4, -0.2) is 30.6 Å². The molecule has 166 valence electrons. The number of aliphatic hydroxyl groups is 1. The van der Waals surface area contributed by atoms with Crippen LogP contribution in [0.25, 0.3) is 0 Å². The van der Waals surface area contributed by atoms with Gasteiger partial charge in [0.25, 0.3) is 0 Å². The fourth-order valence-corrected chi connectivity index (χ4v) is 7.60. The molecule has 5 atom stereocenters. The number of ketones is 1. The van der Waals surface area contributed by atoms with Crippen molar-refractivity contribution in [2.75, 3.05) is 19.0 Å². The van der Waals surface area contributed by atoms with E-state index in [4.69, 9.17) is 0 Å². The largest absolute Gasteiger partial charge is 0.390 e. The second kappa shape index (κ2) is 6.81. The minimum absolute atomic E-state index is 0.103. The summed E-state index contributed by atoms with van der Waals surface area (Å²) in [6.45, 7) is 6.89. The predicted molar refractivity (Wildman–Crippen MR) is 126 cm³/mol. The molecule has 0 aromatic heterocycles. The monoisotopic (exact) mass is 419 g/mol. The topological polar surface area (TPSA) is 40.5 Å². The molecule has 3 nitrogen and oxygen atoms in total. The summed E-state index contributed by atoms with van der Waals surface area (Å²) >= 11 is 0. The summed E-state index contributed by atoms with van der Waals surface area (Å²) in [5, 5.41) is 11.6. The molecule has 2 saturated carbocycles. The number of benzene rings is 1. The molecule has 1 aromatic carbocycles. The number of hydrogen-bond donors (Lipinski definition) is 1. The average Bonchev–Trinajstić information content (AvgIpc) is 2.93. The maximum atomic E-state index is 12.2. The van der Waals surface area contributed by atoms with Gasteiger partial charge in [0.2, 0.25) is 0 Å². The maximum absolute atomic E-state index is 12.2. The molecule has 3 heteroatoms. The van der Waals surface area contributed by atoms with E-state index in [0.717, 1.165) is 38.5 Å². The van der Waals surface area contributed by atoms with Crippen LogP contribution in [0.15, 0.2) is 47.1 Å². The SMILES string of the molecule is CN(C)c1ccc(C2CC3(C)[C@@](C)(O)CC[C@@]3(C)C3CCC4=CC(=O)CCC4=C23)cc1. The molecule has 0 bridgehead atoms. The van der Waals surface area contributed by atoms with Gasteiger partial charge in [-0.3, -0.25) is 4.79 Å². The summed E-state index contributed by atoms with van der Waals surface area (Å²) in [5.74, 6) is 1.09. The lowest BCUT2D eigenvalue weighted by atomic mass is 9.45. The molecule has 1 aromatic rings. The normalized spacial score (nSPS) is 39.5. The van der Waals surface area contributed by atoms with Gasteiger partial charge >= 0.3 is 0 Å². The van der Waals surface area contributed by atoms with Gasteiger partial charge in [0, 0.05) is 37.5 Å². The van der Waals surface area contributed by atoms with Gasteiger partial charge in [-0.2, -0.15) is 0 Å². The van der Waals surface area contributed by atoms with Gasteiger partial charge in [0.1, 0.15) is 0 Å². The van der Waals surface area contributed by atoms with E-state index in [1.54, 1.807) is 5.57 Å². The van der Waals surface area contributed by atoms with E-state index in [-0.39, 0.29) is 10.8 Å². The Morgan fingerprint density at radius 1 is 1.00 bits per heavy atom. The number of hydrogen-bond acceptors (Lipinski definition) is 3. The first kappa shape index (κ1) is 21.0. The Balaban J connectivity index is 1.70. The summed E-state index contributed by atoms with van der Waals surface area (Å²) in [6, 6.07) is 9.05. The van der Waals surface area contributed by atoms with Crippen molar-refractivity contribution in [1.82, 2.24) is 0 Å². The van der Waals surface area contributed by atoms with Gasteiger partial charge in [0.05, 0.1) is 5.60 Å². The zero-order valence-corrected chi connectivity index (χ0v) is 19.8. The summed E-state index contributed by atoms with van der Waals surface area (Å²) in [6.07, 6.45) is 8.54. The second-order valence-corrected chi connectivity index (χ2v) is 11.4. The number of rotatable bonds is 2. The van der Waals surface area contributed by atoms with Gasteiger partial charge in [-0.15, -0.1) is 0 Å². The standard InChI is InChI=1S/C28H37NO2/c1-26-14-15-28(3,31)27(26,2)17-23(18-6-9-20(10-7-18)29(4)5)25-22-12-11-21(30)16-19(22)8-13-24(25)26/h6-7,9-10,16,23-24,31H,8,11-15,17H2,1-5H3/t23?,24?,26-,27?,28-/m0/s1. The maximum Gasteiger partial charge on any atom is 0.156 e. The third kappa shape index (κ3) is 2.85. The van der Waals surface area contributed by atoms with Crippen molar-refractivity contribution in [3.63, 3.8) is 0 Å². The smallest absolute Gasteiger partial charge is 0.156 e. The van der Waals surface area contributed by atoms with E-state index in [0.29, 0.717) is 24.0 Å². The van der Waals surface area contributed by atoms with Crippen molar-refractivity contribution in [2.45, 2.75) is 77.2 Å². The summed E-state index contributed by atoms with van der Waals surface area (Å²) in [7, 11) is 4.16. The highest BCUT2D eigenvalue weighted by molar-refractivity contribution is 5.93. The fraction of sp³-hybridized carbons (Fsp3) is 0.607. The fourth-order valence-electron chi connectivity index (χ4n) is 7.60. The third-order valence-corrected chi connectivity index (χ3v) is 9.92. The highest BCUT2D eigenvalue weighted by Gasteiger charge is 2.67. The Morgan fingerprint density at radius 3 is 2.39 bits per heavy atom. The van der Waals surface area contributed by atoms with Crippen LogP contribution in [0.4, 0.5) is 5.69 Å². The van der Waals surface area contributed by atoms with E-state index >= 15 is 0 Å². The first-order valence-corrected chi connectivity index (χ1v) is 12.0. The molecule has 31 heavy (non-hydrogen) atoms. The van der Waals surface area contributed by atoms with Crippen molar-refractivity contribution in [3.05, 3.63) is 52.6 Å². The zero-order valence-electron chi connectivity index (χ0n) is 19.8. The van der Waals surface area contributed by atoms with Gasteiger partial charge in [0.15, 0.2) is 5.78 Å². The van der Waals surface area contributed by atoms with Crippen molar-refractivity contribution in [1.29, 1.82) is 0 Å². The Hall–Kier alpha value is -1.87. The Morgan fingerprint density at radius 2 is 1.71 bits per heavy atom. The molecule has 0 amide bonds. The first-order chi connectivity index (χ1) is 14.6. The van der Waals surface area contributed by atoms with Crippen LogP contribution in [0.1, 0.15) is 77.2 Å². The molecule has 1 N–H and O–H groups in total. The highest BCUT2D eigenvalue weighted by Crippen LogP contribution is 2.72. The summed E-state index contributed by atoms with van der Waals surface area (Å²) in [5.41, 5.74) is 6.30. The highest BCUT2D eigenvalue weighted by atomic mass is 16.3. The van der Waals surface area contributed by atoms with Crippen LogP contribution in [0.3, 0.4) is 0 Å². The quantitative estimate of drug-likeness (QED) is 0.659. The number of anilines is 1. The first-order valence-electron chi connectivity index (χ1n) is 12.0. The Bertz CT molecular complexity index is 983. The lowest BCUT2D eigenvalue weighted by Crippen LogP contribution is -2.55. The minimum Gasteiger partial charge on any atom is -0.390 e. The van der Waals surface area contributed by atoms with Gasteiger partial charge < -0.3 is 10.0 Å². The molecular formula is C28H37NO2. The zero-order chi connectivity index (χ0) is 22.2. The third-order valence-electron chi connectivity index (χ3n) is 9.92. The molecule has 0 radical (unpaired) electrons. The molecule has 4 aliphatic carbocycles. The average molecular weight is 420 g/mol. The van der Waals surface area contributed by atoms with E-state index < -0.39 is 5.60 Å². The van der Waals surface area contributed by atoms with Gasteiger partial charge in [-0.25, -0.2) is 0 Å². The number of fused-ring (bicyclic) bond motifs is 4. The molecule has 5 rings (SSSR count). The van der Waals surface area contributed by atoms with Crippen LogP contribution in [0, 0.1) is 16.7 Å². The van der Waals surface area contributed by atoms with Crippen molar-refractivity contribution in [2.24, 2.45) is 16.7 Å². The predicted octanol–water partition coefficient (Wildman–Crippen LogP) is 5.79. The molecule has 2 fully saturated rings. The second-order valence-electron chi connectivity index (χ2n) is 11.4. The summed E-state index contributed by atoms with van der Waals surface area (Å²) < 4.78 is 0. The van der Waals surface area contributed by atoms with Crippen LogP contribution in [0.2, 0.25) is 0 Å². The van der Waals surface area contributed by atoms with Gasteiger partial charge in [-0.1, -0.05) is 31.6 Å². The Labute approximate surface area is 187 Å².